The molecule has 2 aromatic carbocycles. The standard InChI is InChI=1S/C25H22Cl2N6O.C4H10.C2H2/c26-20-8-6-17(7-9-20)13-30-24(34)16-29-23-12-22(19-4-2-10-28-15-19)32-25(33-23)31-14-18-3-1-5-21(27)11-18;1-4(2)3;1-2/h1-12,15H,13-14,16H2,(H,30,34)(H2,29,31,32,33);4H,1-3H3;1-2H. The highest BCUT2D eigenvalue weighted by Crippen LogP contribution is 2.21. The van der Waals surface area contributed by atoms with E-state index in [9.17, 15) is 4.79 Å². The average molecular weight is 578 g/mol. The number of hydrogen-bond donors (Lipinski definition) is 3. The van der Waals surface area contributed by atoms with E-state index in [4.69, 9.17) is 23.2 Å². The minimum absolute atomic E-state index is 0.0603. The fourth-order valence-corrected chi connectivity index (χ4v) is 3.48. The molecule has 0 atom stereocenters. The van der Waals surface area contributed by atoms with Gasteiger partial charge in [-0.25, -0.2) is 4.98 Å². The second kappa shape index (κ2) is 17.5. The summed E-state index contributed by atoms with van der Waals surface area (Å²) in [6.45, 7) is 7.47. The third-order valence-electron chi connectivity index (χ3n) is 4.86. The van der Waals surface area contributed by atoms with Gasteiger partial charge < -0.3 is 16.0 Å². The van der Waals surface area contributed by atoms with Crippen molar-refractivity contribution in [2.24, 2.45) is 5.92 Å². The number of carbonyl (C=O) groups excluding carboxylic acids is 1. The average Bonchev–Trinajstić information content (AvgIpc) is 2.96. The molecule has 0 bridgehead atoms. The smallest absolute Gasteiger partial charge is 0.239 e. The van der Waals surface area contributed by atoms with Gasteiger partial charge in [0, 0.05) is 47.2 Å². The van der Waals surface area contributed by atoms with Crippen LogP contribution in [-0.2, 0) is 17.9 Å². The van der Waals surface area contributed by atoms with Crippen molar-refractivity contribution in [1.82, 2.24) is 20.3 Å². The van der Waals surface area contributed by atoms with Crippen LogP contribution in [0.15, 0.2) is 79.1 Å². The summed E-state index contributed by atoms with van der Waals surface area (Å²) < 4.78 is 0. The maximum atomic E-state index is 12.4. The third-order valence-corrected chi connectivity index (χ3v) is 5.34. The first kappa shape index (κ1) is 32.1. The van der Waals surface area contributed by atoms with Crippen LogP contribution in [0.1, 0.15) is 31.9 Å². The highest BCUT2D eigenvalue weighted by atomic mass is 35.5. The van der Waals surface area contributed by atoms with E-state index in [-0.39, 0.29) is 12.5 Å². The van der Waals surface area contributed by atoms with Gasteiger partial charge in [-0.05, 0) is 53.4 Å². The van der Waals surface area contributed by atoms with Gasteiger partial charge in [-0.15, -0.1) is 12.8 Å². The van der Waals surface area contributed by atoms with Crippen molar-refractivity contribution in [3.63, 3.8) is 0 Å². The van der Waals surface area contributed by atoms with Crippen LogP contribution in [0.25, 0.3) is 11.3 Å². The molecule has 0 aliphatic heterocycles. The molecule has 0 radical (unpaired) electrons. The second-order valence-corrected chi connectivity index (χ2v) is 10.0. The molecule has 4 rings (SSSR count). The van der Waals surface area contributed by atoms with Crippen molar-refractivity contribution in [2.45, 2.75) is 33.9 Å². The molecule has 208 valence electrons. The molecular weight excluding hydrogens is 543 g/mol. The van der Waals surface area contributed by atoms with Crippen LogP contribution in [-0.4, -0.2) is 27.4 Å². The van der Waals surface area contributed by atoms with Gasteiger partial charge in [0.2, 0.25) is 11.9 Å². The predicted octanol–water partition coefficient (Wildman–Crippen LogP) is 7.10. The Morgan fingerprint density at radius 3 is 2.23 bits per heavy atom. The minimum atomic E-state index is -0.162. The maximum absolute atomic E-state index is 12.4. The van der Waals surface area contributed by atoms with Crippen LogP contribution in [0, 0.1) is 18.8 Å². The van der Waals surface area contributed by atoms with Crippen LogP contribution in [0.4, 0.5) is 11.8 Å². The molecule has 9 heteroatoms. The van der Waals surface area contributed by atoms with E-state index in [1.54, 1.807) is 30.6 Å². The molecule has 7 nitrogen and oxygen atoms in total. The van der Waals surface area contributed by atoms with Crippen molar-refractivity contribution < 1.29 is 4.79 Å². The van der Waals surface area contributed by atoms with Gasteiger partial charge in [-0.3, -0.25) is 9.78 Å². The maximum Gasteiger partial charge on any atom is 0.239 e. The highest BCUT2D eigenvalue weighted by molar-refractivity contribution is 6.30. The minimum Gasteiger partial charge on any atom is -0.361 e. The van der Waals surface area contributed by atoms with Gasteiger partial charge in [0.25, 0.3) is 0 Å². The highest BCUT2D eigenvalue weighted by Gasteiger charge is 2.09. The lowest BCUT2D eigenvalue weighted by Gasteiger charge is -2.12. The number of pyridine rings is 1. The zero-order valence-corrected chi connectivity index (χ0v) is 24.4. The first-order chi connectivity index (χ1) is 19.3. The Kier molecular flexibility index (Phi) is 14.0. The summed E-state index contributed by atoms with van der Waals surface area (Å²) in [4.78, 5) is 25.6. The van der Waals surface area contributed by atoms with Crippen LogP contribution in [0.3, 0.4) is 0 Å². The molecule has 2 aromatic heterocycles. The van der Waals surface area contributed by atoms with E-state index < -0.39 is 0 Å². The van der Waals surface area contributed by atoms with E-state index in [1.807, 2.05) is 48.5 Å². The van der Waals surface area contributed by atoms with Gasteiger partial charge in [0.05, 0.1) is 12.2 Å². The molecule has 0 aliphatic carbocycles. The summed E-state index contributed by atoms with van der Waals surface area (Å²) >= 11 is 12.0. The number of nitrogens with zero attached hydrogens (tertiary/aromatic N) is 3. The van der Waals surface area contributed by atoms with E-state index >= 15 is 0 Å². The van der Waals surface area contributed by atoms with Crippen LogP contribution in [0.2, 0.25) is 10.0 Å². The quantitative estimate of drug-likeness (QED) is 0.184. The van der Waals surface area contributed by atoms with Crippen molar-refractivity contribution in [3.05, 3.63) is 100 Å². The number of carbonyl (C=O) groups is 1. The van der Waals surface area contributed by atoms with E-state index in [0.29, 0.717) is 40.6 Å². The third kappa shape index (κ3) is 12.2. The summed E-state index contributed by atoms with van der Waals surface area (Å²) in [5.41, 5.74) is 3.48. The molecule has 0 saturated carbocycles. The van der Waals surface area contributed by atoms with E-state index in [1.165, 1.54) is 0 Å². The molecular formula is C31H34Cl2N6O. The molecule has 4 aromatic rings. The van der Waals surface area contributed by atoms with Crippen LogP contribution < -0.4 is 16.0 Å². The topological polar surface area (TPSA) is 91.8 Å². The molecule has 40 heavy (non-hydrogen) atoms. The molecule has 0 unspecified atom stereocenters. The first-order valence-electron chi connectivity index (χ1n) is 12.6. The Morgan fingerprint density at radius 1 is 0.850 bits per heavy atom. The Balaban J connectivity index is 0.000000858. The number of terminal acetylenes is 1. The number of halogens is 2. The zero-order valence-electron chi connectivity index (χ0n) is 22.9. The van der Waals surface area contributed by atoms with E-state index in [2.05, 4.69) is 64.5 Å². The lowest BCUT2D eigenvalue weighted by molar-refractivity contribution is -0.119. The number of rotatable bonds is 9. The zero-order chi connectivity index (χ0) is 29.3. The fraction of sp³-hybridized carbons (Fsp3) is 0.226. The summed E-state index contributed by atoms with van der Waals surface area (Å²) in [5.74, 6) is 1.61. The summed E-state index contributed by atoms with van der Waals surface area (Å²) in [6.07, 6.45) is 11.4. The SMILES string of the molecule is C#C.CC(C)C.O=C(CNc1cc(-c2cccnc2)nc(NCc2cccc(Cl)c2)n1)NCc1ccc(Cl)cc1. The molecule has 0 saturated heterocycles. The monoisotopic (exact) mass is 576 g/mol. The number of amides is 1. The number of aromatic nitrogens is 3. The molecule has 2 heterocycles. The summed E-state index contributed by atoms with van der Waals surface area (Å²) in [6, 6.07) is 20.4. The van der Waals surface area contributed by atoms with Gasteiger partial charge >= 0.3 is 0 Å². The van der Waals surface area contributed by atoms with Gasteiger partial charge in [0.1, 0.15) is 5.82 Å². The molecule has 0 aliphatic rings. The van der Waals surface area contributed by atoms with Crippen molar-refractivity contribution >= 4 is 40.9 Å². The lowest BCUT2D eigenvalue weighted by Crippen LogP contribution is -2.29. The number of anilines is 2. The predicted molar refractivity (Wildman–Crippen MR) is 166 cm³/mol. The number of hydrogen-bond acceptors (Lipinski definition) is 6. The van der Waals surface area contributed by atoms with Crippen LogP contribution >= 0.6 is 23.2 Å². The second-order valence-electron chi connectivity index (χ2n) is 9.18. The Morgan fingerprint density at radius 2 is 1.57 bits per heavy atom. The molecule has 0 spiro atoms. The normalized spacial score (nSPS) is 9.90. The molecule has 0 fully saturated rings. The van der Waals surface area contributed by atoms with Crippen molar-refractivity contribution in [1.29, 1.82) is 0 Å². The van der Waals surface area contributed by atoms with Crippen molar-refractivity contribution in [3.8, 4) is 24.1 Å². The number of benzene rings is 2. The Hall–Kier alpha value is -4.12. The summed E-state index contributed by atoms with van der Waals surface area (Å²) in [5, 5.41) is 10.5. The fourth-order valence-electron chi connectivity index (χ4n) is 3.14. The van der Waals surface area contributed by atoms with Gasteiger partial charge in [0.15, 0.2) is 0 Å². The van der Waals surface area contributed by atoms with E-state index in [0.717, 1.165) is 22.6 Å². The van der Waals surface area contributed by atoms with Gasteiger partial charge in [-0.2, -0.15) is 4.98 Å². The Labute approximate surface area is 246 Å². The van der Waals surface area contributed by atoms with Crippen LogP contribution in [0.5, 0.6) is 0 Å². The summed E-state index contributed by atoms with van der Waals surface area (Å²) in [7, 11) is 0. The first-order valence-corrected chi connectivity index (χ1v) is 13.4. The molecule has 3 N–H and O–H groups in total. The largest absolute Gasteiger partial charge is 0.361 e. The lowest BCUT2D eigenvalue weighted by atomic mass is 10.2. The number of nitrogens with one attached hydrogen (secondary N) is 3. The Bertz CT molecular complexity index is 1340. The molecule has 1 amide bonds. The van der Waals surface area contributed by atoms with Crippen molar-refractivity contribution in [2.75, 3.05) is 17.2 Å². The van der Waals surface area contributed by atoms with Gasteiger partial charge in [-0.1, -0.05) is 68.2 Å².